The number of ether oxygens (including phenoxy) is 1. The van der Waals surface area contributed by atoms with Gasteiger partial charge in [-0.25, -0.2) is 4.79 Å². The molecule has 0 unspecified atom stereocenters. The molecule has 0 aliphatic carbocycles. The Balaban J connectivity index is 3.24. The van der Waals surface area contributed by atoms with Gasteiger partial charge in [0.05, 0.1) is 0 Å². The summed E-state index contributed by atoms with van der Waals surface area (Å²) < 4.78 is 17.2. The van der Waals surface area contributed by atoms with Crippen LogP contribution < -0.4 is 9.92 Å². The lowest BCUT2D eigenvalue weighted by atomic mass is 10.3. The second-order valence-corrected chi connectivity index (χ2v) is 7.42. The molecular formula is C15H22O4Si. The van der Waals surface area contributed by atoms with Crippen molar-refractivity contribution in [1.29, 1.82) is 0 Å². The summed E-state index contributed by atoms with van der Waals surface area (Å²) in [6, 6.07) is 8.13. The number of benzene rings is 1. The molecule has 0 atom stereocenters. The molecule has 0 bridgehead atoms. The molecule has 1 aromatic rings. The average Bonchev–Trinajstić information content (AvgIpc) is 2.47. The highest BCUT2D eigenvalue weighted by molar-refractivity contribution is 6.81. The number of carbonyl (C=O) groups excluding carboxylic acids is 1. The fourth-order valence-corrected chi connectivity index (χ4v) is 5.05. The van der Waals surface area contributed by atoms with Crippen molar-refractivity contribution in [3.05, 3.63) is 36.9 Å². The van der Waals surface area contributed by atoms with Gasteiger partial charge in [0.15, 0.2) is 0 Å². The van der Waals surface area contributed by atoms with E-state index >= 15 is 0 Å². The molecule has 0 aliphatic rings. The van der Waals surface area contributed by atoms with Crippen LogP contribution in [0.3, 0.4) is 0 Å². The Morgan fingerprint density at radius 2 is 1.80 bits per heavy atom. The molecule has 0 saturated heterocycles. The molecule has 110 valence electrons. The fraction of sp³-hybridized carbons (Fsp3) is 0.400. The van der Waals surface area contributed by atoms with Crippen LogP contribution in [0.25, 0.3) is 0 Å². The van der Waals surface area contributed by atoms with Gasteiger partial charge in [-0.3, -0.25) is 0 Å². The molecule has 0 aromatic heterocycles. The average molecular weight is 294 g/mol. The van der Waals surface area contributed by atoms with Crippen LogP contribution in [0.1, 0.15) is 20.8 Å². The van der Waals surface area contributed by atoms with Gasteiger partial charge in [-0.15, -0.1) is 0 Å². The van der Waals surface area contributed by atoms with Crippen molar-refractivity contribution in [1.82, 2.24) is 0 Å². The van der Waals surface area contributed by atoms with Crippen molar-refractivity contribution in [2.45, 2.75) is 26.8 Å². The third-order valence-corrected chi connectivity index (χ3v) is 6.57. The number of carbonyl (C=O) groups is 1. The summed E-state index contributed by atoms with van der Waals surface area (Å²) in [4.78, 5) is 11.5. The van der Waals surface area contributed by atoms with Gasteiger partial charge < -0.3 is 13.6 Å². The van der Waals surface area contributed by atoms with Gasteiger partial charge in [0.2, 0.25) is 0 Å². The SMILES string of the molecule is C=CC(=O)Oc1ccccc1[Si](CC)(OCC)OCC. The van der Waals surface area contributed by atoms with E-state index in [1.54, 1.807) is 6.07 Å². The van der Waals surface area contributed by atoms with Gasteiger partial charge in [-0.2, -0.15) is 0 Å². The Morgan fingerprint density at radius 3 is 2.30 bits per heavy atom. The van der Waals surface area contributed by atoms with Crippen molar-refractivity contribution in [3.63, 3.8) is 0 Å². The van der Waals surface area contributed by atoms with Gasteiger partial charge in [-0.05, 0) is 26.0 Å². The second kappa shape index (κ2) is 7.99. The molecule has 0 aliphatic heterocycles. The summed E-state index contributed by atoms with van der Waals surface area (Å²) in [5, 5.41) is 0.849. The third-order valence-electron chi connectivity index (χ3n) is 2.90. The normalized spacial score (nSPS) is 11.2. The summed E-state index contributed by atoms with van der Waals surface area (Å²) in [5.74, 6) is 0.0114. The van der Waals surface area contributed by atoms with Crippen molar-refractivity contribution in [2.24, 2.45) is 0 Å². The smallest absolute Gasteiger partial charge is 0.376 e. The minimum absolute atomic E-state index is 0.482. The maximum absolute atomic E-state index is 11.5. The highest BCUT2D eigenvalue weighted by Gasteiger charge is 2.40. The second-order valence-electron chi connectivity index (χ2n) is 4.09. The number of hydrogen-bond acceptors (Lipinski definition) is 4. The predicted molar refractivity (Wildman–Crippen MR) is 81.4 cm³/mol. The molecule has 0 heterocycles. The number of hydrogen-bond donors (Lipinski definition) is 0. The monoisotopic (exact) mass is 294 g/mol. The zero-order chi connectivity index (χ0) is 15.0. The summed E-state index contributed by atoms with van der Waals surface area (Å²) >= 11 is 0. The minimum Gasteiger partial charge on any atom is -0.423 e. The summed E-state index contributed by atoms with van der Waals surface area (Å²) in [6.45, 7) is 10.4. The first kappa shape index (κ1) is 16.6. The lowest BCUT2D eigenvalue weighted by molar-refractivity contribution is -0.128. The Hall–Kier alpha value is -1.43. The molecule has 0 spiro atoms. The van der Waals surface area contributed by atoms with E-state index in [1.165, 1.54) is 0 Å². The van der Waals surface area contributed by atoms with Crippen LogP contribution in [0.2, 0.25) is 6.04 Å². The molecule has 1 rings (SSSR count). The van der Waals surface area contributed by atoms with Gasteiger partial charge in [-0.1, -0.05) is 31.7 Å². The largest absolute Gasteiger partial charge is 0.423 e. The van der Waals surface area contributed by atoms with E-state index in [0.29, 0.717) is 19.0 Å². The van der Waals surface area contributed by atoms with Crippen LogP contribution in [-0.2, 0) is 13.6 Å². The van der Waals surface area contributed by atoms with Gasteiger partial charge in [0, 0.05) is 24.5 Å². The number of para-hydroxylation sites is 1. The van der Waals surface area contributed by atoms with Gasteiger partial charge in [0.25, 0.3) is 0 Å². The fourth-order valence-electron chi connectivity index (χ4n) is 2.08. The molecule has 0 amide bonds. The molecular weight excluding hydrogens is 272 g/mol. The van der Waals surface area contributed by atoms with Crippen molar-refractivity contribution in [2.75, 3.05) is 13.2 Å². The summed E-state index contributed by atoms with van der Waals surface area (Å²) in [5.41, 5.74) is 0. The van der Waals surface area contributed by atoms with Gasteiger partial charge >= 0.3 is 14.5 Å². The highest BCUT2D eigenvalue weighted by Crippen LogP contribution is 2.20. The first-order valence-corrected chi connectivity index (χ1v) is 8.87. The Labute approximate surface area is 121 Å². The maximum atomic E-state index is 11.5. The summed E-state index contributed by atoms with van der Waals surface area (Å²) in [7, 11) is -2.58. The van der Waals surface area contributed by atoms with E-state index in [9.17, 15) is 4.79 Å². The molecule has 0 N–H and O–H groups in total. The summed E-state index contributed by atoms with van der Waals surface area (Å²) in [6.07, 6.45) is 1.15. The van der Waals surface area contributed by atoms with E-state index in [-0.39, 0.29) is 0 Å². The molecule has 1 aromatic carbocycles. The Kier molecular flexibility index (Phi) is 6.64. The molecule has 0 radical (unpaired) electrons. The number of esters is 1. The van der Waals surface area contributed by atoms with Crippen molar-refractivity contribution < 1.29 is 18.4 Å². The van der Waals surface area contributed by atoms with Crippen LogP contribution in [-0.4, -0.2) is 27.7 Å². The van der Waals surface area contributed by atoms with Crippen LogP contribution in [0.4, 0.5) is 0 Å². The Morgan fingerprint density at radius 1 is 1.20 bits per heavy atom. The van der Waals surface area contributed by atoms with E-state index in [0.717, 1.165) is 17.3 Å². The Bertz CT molecular complexity index is 453. The van der Waals surface area contributed by atoms with E-state index in [2.05, 4.69) is 6.58 Å². The third kappa shape index (κ3) is 3.79. The van der Waals surface area contributed by atoms with Crippen LogP contribution in [0, 0.1) is 0 Å². The molecule has 5 heteroatoms. The lowest BCUT2D eigenvalue weighted by Crippen LogP contribution is -2.54. The van der Waals surface area contributed by atoms with Crippen LogP contribution in [0.5, 0.6) is 5.75 Å². The zero-order valence-electron chi connectivity index (χ0n) is 12.3. The van der Waals surface area contributed by atoms with Gasteiger partial charge in [0.1, 0.15) is 5.75 Å². The topological polar surface area (TPSA) is 44.8 Å². The first-order chi connectivity index (χ1) is 9.63. The quantitative estimate of drug-likeness (QED) is 0.320. The lowest BCUT2D eigenvalue weighted by Gasteiger charge is -2.30. The van der Waals surface area contributed by atoms with E-state index in [4.69, 9.17) is 13.6 Å². The molecule has 20 heavy (non-hydrogen) atoms. The van der Waals surface area contributed by atoms with E-state index < -0.39 is 14.5 Å². The van der Waals surface area contributed by atoms with E-state index in [1.807, 2.05) is 39.0 Å². The maximum Gasteiger partial charge on any atom is 0.376 e. The zero-order valence-corrected chi connectivity index (χ0v) is 13.3. The van der Waals surface area contributed by atoms with Crippen molar-refractivity contribution in [3.8, 4) is 5.75 Å². The first-order valence-electron chi connectivity index (χ1n) is 6.85. The van der Waals surface area contributed by atoms with Crippen molar-refractivity contribution >= 4 is 19.7 Å². The van der Waals surface area contributed by atoms with Crippen LogP contribution >= 0.6 is 0 Å². The van der Waals surface area contributed by atoms with Crippen LogP contribution in [0.15, 0.2) is 36.9 Å². The molecule has 0 fully saturated rings. The highest BCUT2D eigenvalue weighted by atomic mass is 28.4. The predicted octanol–water partition coefficient (Wildman–Crippen LogP) is 2.52. The number of rotatable bonds is 8. The minimum atomic E-state index is -2.58. The standard InChI is InChI=1S/C15H22O4Si/c1-5-15(16)19-13-11-9-10-12-14(13)20(8-4,17-6-2)18-7-3/h5,9-12H,1,6-8H2,2-4H3. The molecule has 4 nitrogen and oxygen atoms in total. The molecule has 0 saturated carbocycles.